The Labute approximate surface area is 147 Å². The molecule has 4 nitrogen and oxygen atoms in total. The number of alkyl halides is 3. The summed E-state index contributed by atoms with van der Waals surface area (Å²) in [5.41, 5.74) is 0.690. The van der Waals surface area contributed by atoms with Crippen LogP contribution < -0.4 is 16.0 Å². The molecule has 21 heavy (non-hydrogen) atoms. The Morgan fingerprint density at radius 3 is 2.29 bits per heavy atom. The molecular formula is C12H11Cl4N3OS. The van der Waals surface area contributed by atoms with Crippen LogP contribution in [-0.4, -0.2) is 21.0 Å². The smallest absolute Gasteiger partial charge is 0.245 e. The van der Waals surface area contributed by atoms with E-state index in [1.165, 1.54) is 0 Å². The lowest BCUT2D eigenvalue weighted by Crippen LogP contribution is -2.55. The molecule has 0 aliphatic rings. The van der Waals surface area contributed by atoms with Crippen LogP contribution in [0.15, 0.2) is 36.9 Å². The van der Waals surface area contributed by atoms with Gasteiger partial charge >= 0.3 is 0 Å². The van der Waals surface area contributed by atoms with E-state index >= 15 is 0 Å². The number of carbonyl (C=O) groups excluding carboxylic acids is 1. The Bertz CT molecular complexity index is 530. The molecule has 0 saturated heterocycles. The Balaban J connectivity index is 2.69. The average molecular weight is 387 g/mol. The fraction of sp³-hybridized carbons (Fsp3) is 0.167. The SMILES string of the molecule is C=CC(=O)N[C@@H](NC(=S)Nc1ccc(Cl)cc1)C(Cl)(Cl)Cl. The normalized spacial score (nSPS) is 12.2. The van der Waals surface area contributed by atoms with Gasteiger partial charge in [0, 0.05) is 10.7 Å². The van der Waals surface area contributed by atoms with Crippen LogP contribution in [0.1, 0.15) is 0 Å². The van der Waals surface area contributed by atoms with Gasteiger partial charge in [0.05, 0.1) is 0 Å². The van der Waals surface area contributed by atoms with E-state index in [4.69, 9.17) is 58.6 Å². The summed E-state index contributed by atoms with van der Waals surface area (Å²) in [5.74, 6) is -0.506. The minimum Gasteiger partial charge on any atom is -0.339 e. The molecule has 0 unspecified atom stereocenters. The maximum atomic E-state index is 11.3. The van der Waals surface area contributed by atoms with Gasteiger partial charge in [0.2, 0.25) is 9.70 Å². The Morgan fingerprint density at radius 2 is 1.81 bits per heavy atom. The quantitative estimate of drug-likeness (QED) is 0.320. The first kappa shape index (κ1) is 18.3. The molecule has 1 rings (SSSR count). The molecule has 1 aromatic carbocycles. The van der Waals surface area contributed by atoms with Crippen LogP contribution in [0, 0.1) is 0 Å². The third-order valence-corrected chi connectivity index (χ3v) is 3.30. The molecule has 1 aromatic rings. The summed E-state index contributed by atoms with van der Waals surface area (Å²) >= 11 is 28.2. The minimum absolute atomic E-state index is 0.165. The van der Waals surface area contributed by atoms with Gasteiger partial charge in [-0.05, 0) is 42.6 Å². The summed E-state index contributed by atoms with van der Waals surface area (Å²) < 4.78 is -1.80. The molecule has 1 amide bonds. The number of hydrogen-bond donors (Lipinski definition) is 3. The zero-order chi connectivity index (χ0) is 16.0. The molecule has 1 atom stereocenters. The number of benzene rings is 1. The van der Waals surface area contributed by atoms with Gasteiger partial charge in [0.25, 0.3) is 0 Å². The molecule has 0 saturated carbocycles. The van der Waals surface area contributed by atoms with Crippen molar-refractivity contribution in [3.05, 3.63) is 41.9 Å². The van der Waals surface area contributed by atoms with Crippen molar-refractivity contribution in [3.8, 4) is 0 Å². The highest BCUT2D eigenvalue weighted by atomic mass is 35.6. The summed E-state index contributed by atoms with van der Waals surface area (Å²) in [6.45, 7) is 3.32. The molecule has 0 fully saturated rings. The monoisotopic (exact) mass is 385 g/mol. The zero-order valence-corrected chi connectivity index (χ0v) is 14.3. The van der Waals surface area contributed by atoms with Gasteiger partial charge in [0.15, 0.2) is 5.11 Å². The van der Waals surface area contributed by atoms with Gasteiger partial charge in [-0.1, -0.05) is 53.0 Å². The molecule has 114 valence electrons. The molecule has 9 heteroatoms. The standard InChI is InChI=1S/C12H11Cl4N3OS/c1-2-9(20)18-10(12(14,15)16)19-11(21)17-8-5-3-7(13)4-6-8/h2-6,10H,1H2,(H,18,20)(H2,17,19,21)/t10-/m0/s1. The van der Waals surface area contributed by atoms with Crippen LogP contribution in [0.2, 0.25) is 5.02 Å². The van der Waals surface area contributed by atoms with Crippen LogP contribution in [0.3, 0.4) is 0 Å². The van der Waals surface area contributed by atoms with E-state index in [1.807, 2.05) is 0 Å². The predicted octanol–water partition coefficient (Wildman–Crippen LogP) is 3.62. The predicted molar refractivity (Wildman–Crippen MR) is 93.2 cm³/mol. The number of rotatable bonds is 4. The first-order valence-corrected chi connectivity index (χ1v) is 7.47. The number of anilines is 1. The summed E-state index contributed by atoms with van der Waals surface area (Å²) in [6.07, 6.45) is 0.0288. The van der Waals surface area contributed by atoms with Crippen molar-refractivity contribution < 1.29 is 4.79 Å². The lowest BCUT2D eigenvalue weighted by Gasteiger charge is -2.27. The molecule has 0 heterocycles. The Hall–Kier alpha value is -0.720. The number of carbonyl (C=O) groups is 1. The molecule has 0 aliphatic heterocycles. The van der Waals surface area contributed by atoms with E-state index in [0.717, 1.165) is 6.08 Å². The van der Waals surface area contributed by atoms with Crippen LogP contribution in [0.25, 0.3) is 0 Å². The maximum Gasteiger partial charge on any atom is 0.245 e. The second-order valence-electron chi connectivity index (χ2n) is 3.79. The van der Waals surface area contributed by atoms with E-state index in [1.54, 1.807) is 24.3 Å². The fourth-order valence-corrected chi connectivity index (χ4v) is 1.92. The third-order valence-electron chi connectivity index (χ3n) is 2.18. The topological polar surface area (TPSA) is 53.2 Å². The summed E-state index contributed by atoms with van der Waals surface area (Å²) in [4.78, 5) is 11.3. The lowest BCUT2D eigenvalue weighted by atomic mass is 10.3. The van der Waals surface area contributed by atoms with Gasteiger partial charge in [-0.3, -0.25) is 4.79 Å². The van der Waals surface area contributed by atoms with Crippen molar-refractivity contribution in [1.29, 1.82) is 0 Å². The molecule has 0 aromatic heterocycles. The number of halogens is 4. The summed E-state index contributed by atoms with van der Waals surface area (Å²) in [7, 11) is 0. The second kappa shape index (κ2) is 8.06. The van der Waals surface area contributed by atoms with Gasteiger partial charge in [-0.2, -0.15) is 0 Å². The number of hydrogen-bond acceptors (Lipinski definition) is 2. The molecule has 0 radical (unpaired) electrons. The van der Waals surface area contributed by atoms with Crippen LogP contribution >= 0.6 is 58.6 Å². The van der Waals surface area contributed by atoms with E-state index in [0.29, 0.717) is 10.7 Å². The Kier molecular flexibility index (Phi) is 7.03. The fourth-order valence-electron chi connectivity index (χ4n) is 1.23. The first-order valence-electron chi connectivity index (χ1n) is 5.55. The van der Waals surface area contributed by atoms with Crippen LogP contribution in [0.5, 0.6) is 0 Å². The average Bonchev–Trinajstić information content (AvgIpc) is 2.39. The van der Waals surface area contributed by atoms with Crippen molar-refractivity contribution >= 4 is 75.3 Å². The highest BCUT2D eigenvalue weighted by Gasteiger charge is 2.34. The van der Waals surface area contributed by atoms with Gasteiger partial charge in [-0.15, -0.1) is 0 Å². The van der Waals surface area contributed by atoms with Crippen molar-refractivity contribution in [3.63, 3.8) is 0 Å². The van der Waals surface area contributed by atoms with Gasteiger partial charge in [-0.25, -0.2) is 0 Å². The third kappa shape index (κ3) is 6.72. The number of amides is 1. The molecule has 3 N–H and O–H groups in total. The first-order chi connectivity index (χ1) is 9.72. The van der Waals surface area contributed by atoms with Gasteiger partial charge < -0.3 is 16.0 Å². The molecule has 0 aliphatic carbocycles. The highest BCUT2D eigenvalue weighted by molar-refractivity contribution is 7.80. The number of thiocarbonyl (C=S) groups is 1. The van der Waals surface area contributed by atoms with Crippen molar-refractivity contribution in [2.75, 3.05) is 5.32 Å². The van der Waals surface area contributed by atoms with Crippen molar-refractivity contribution in [2.45, 2.75) is 9.96 Å². The largest absolute Gasteiger partial charge is 0.339 e. The maximum absolute atomic E-state index is 11.3. The molecule has 0 bridgehead atoms. The molecule has 0 spiro atoms. The van der Waals surface area contributed by atoms with Crippen molar-refractivity contribution in [1.82, 2.24) is 10.6 Å². The Morgan fingerprint density at radius 1 is 1.24 bits per heavy atom. The van der Waals surface area contributed by atoms with E-state index in [-0.39, 0.29) is 5.11 Å². The second-order valence-corrected chi connectivity index (χ2v) is 7.01. The van der Waals surface area contributed by atoms with Crippen molar-refractivity contribution in [2.24, 2.45) is 0 Å². The van der Waals surface area contributed by atoms with Gasteiger partial charge in [0.1, 0.15) is 6.17 Å². The minimum atomic E-state index is -1.80. The van der Waals surface area contributed by atoms with E-state index in [9.17, 15) is 4.79 Å². The summed E-state index contributed by atoms with van der Waals surface area (Å²) in [6, 6.07) is 6.84. The molecular weight excluding hydrogens is 376 g/mol. The number of nitrogens with one attached hydrogen (secondary N) is 3. The summed E-state index contributed by atoms with van der Waals surface area (Å²) in [5, 5.41) is 8.75. The van der Waals surface area contributed by atoms with E-state index < -0.39 is 15.9 Å². The van der Waals surface area contributed by atoms with Crippen LogP contribution in [0.4, 0.5) is 5.69 Å². The lowest BCUT2D eigenvalue weighted by molar-refractivity contribution is -0.117. The highest BCUT2D eigenvalue weighted by Crippen LogP contribution is 2.29. The zero-order valence-electron chi connectivity index (χ0n) is 10.5. The van der Waals surface area contributed by atoms with E-state index in [2.05, 4.69) is 22.5 Å². The van der Waals surface area contributed by atoms with Crippen LogP contribution in [-0.2, 0) is 4.79 Å².